The average molecular weight is 307 g/mol. The normalized spacial score (nSPS) is 15.7. The number of unbranched alkanes of at least 4 members (excludes halogenated alkanes) is 1. The lowest BCUT2D eigenvalue weighted by atomic mass is 10.0. The minimum Gasteiger partial charge on any atom is -0.367 e. The first-order valence-corrected chi connectivity index (χ1v) is 8.07. The smallest absolute Gasteiger partial charge is 0.149 e. The van der Waals surface area contributed by atoms with E-state index in [4.69, 9.17) is 0 Å². The Hall–Kier alpha value is -1.64. The van der Waals surface area contributed by atoms with Gasteiger partial charge in [-0.1, -0.05) is 36.5 Å². The maximum Gasteiger partial charge on any atom is 0.149 e. The summed E-state index contributed by atoms with van der Waals surface area (Å²) in [5, 5.41) is 0. The number of halogens is 2. The van der Waals surface area contributed by atoms with E-state index in [9.17, 15) is 8.78 Å². The Morgan fingerprint density at radius 2 is 2.09 bits per heavy atom. The van der Waals surface area contributed by atoms with Crippen LogP contribution in [0.3, 0.4) is 0 Å². The van der Waals surface area contributed by atoms with Crippen molar-refractivity contribution in [3.63, 3.8) is 0 Å². The topological polar surface area (TPSA) is 3.24 Å². The van der Waals surface area contributed by atoms with Crippen molar-refractivity contribution in [3.8, 4) is 0 Å². The molecule has 0 atom stereocenters. The van der Waals surface area contributed by atoms with Crippen molar-refractivity contribution in [2.45, 2.75) is 46.0 Å². The molecule has 0 aromatic heterocycles. The summed E-state index contributed by atoms with van der Waals surface area (Å²) >= 11 is 0. The predicted octanol–water partition coefficient (Wildman–Crippen LogP) is 6.00. The van der Waals surface area contributed by atoms with Crippen LogP contribution in [0.15, 0.2) is 59.9 Å². The number of rotatable bonds is 9. The summed E-state index contributed by atoms with van der Waals surface area (Å²) in [5.74, 6) is -1.27. The van der Waals surface area contributed by atoms with E-state index in [0.717, 1.165) is 32.1 Å². The van der Waals surface area contributed by atoms with Crippen LogP contribution >= 0.6 is 0 Å². The van der Waals surface area contributed by atoms with Crippen LogP contribution in [0.5, 0.6) is 0 Å². The van der Waals surface area contributed by atoms with E-state index in [1.165, 1.54) is 11.6 Å². The van der Waals surface area contributed by atoms with Crippen molar-refractivity contribution in [2.75, 3.05) is 13.1 Å². The Labute approximate surface area is 133 Å². The Bertz CT molecular complexity index is 484. The van der Waals surface area contributed by atoms with E-state index in [2.05, 4.69) is 24.8 Å². The summed E-state index contributed by atoms with van der Waals surface area (Å²) < 4.78 is 27.6. The molecule has 122 valence electrons. The summed E-state index contributed by atoms with van der Waals surface area (Å²) in [4.78, 5) is 1.72. The zero-order chi connectivity index (χ0) is 16.4. The lowest BCUT2D eigenvalue weighted by Crippen LogP contribution is -2.25. The van der Waals surface area contributed by atoms with Gasteiger partial charge in [0, 0.05) is 13.1 Å². The summed E-state index contributed by atoms with van der Waals surface area (Å²) in [7, 11) is 0. The van der Waals surface area contributed by atoms with Crippen LogP contribution in [0.4, 0.5) is 8.78 Å². The molecule has 0 bridgehead atoms. The minimum absolute atomic E-state index is 0.0163. The van der Waals surface area contributed by atoms with Crippen molar-refractivity contribution in [3.05, 3.63) is 59.9 Å². The van der Waals surface area contributed by atoms with E-state index >= 15 is 0 Å². The fourth-order valence-corrected chi connectivity index (χ4v) is 2.59. The van der Waals surface area contributed by atoms with Crippen molar-refractivity contribution >= 4 is 0 Å². The monoisotopic (exact) mass is 307 g/mol. The largest absolute Gasteiger partial charge is 0.367 e. The number of hydrogen-bond acceptors (Lipinski definition) is 1. The Balaban J connectivity index is 2.55. The zero-order valence-corrected chi connectivity index (χ0v) is 13.7. The molecule has 0 aromatic carbocycles. The van der Waals surface area contributed by atoms with Gasteiger partial charge in [-0.2, -0.15) is 0 Å². The van der Waals surface area contributed by atoms with Crippen LogP contribution in [0.25, 0.3) is 0 Å². The van der Waals surface area contributed by atoms with Gasteiger partial charge >= 0.3 is 0 Å². The van der Waals surface area contributed by atoms with Crippen molar-refractivity contribution in [1.82, 2.24) is 4.90 Å². The van der Waals surface area contributed by atoms with Gasteiger partial charge < -0.3 is 4.90 Å². The summed E-state index contributed by atoms with van der Waals surface area (Å²) in [6.07, 6.45) is 14.7. The Morgan fingerprint density at radius 3 is 2.64 bits per heavy atom. The van der Waals surface area contributed by atoms with E-state index in [1.54, 1.807) is 17.9 Å². The molecule has 1 aliphatic rings. The lowest BCUT2D eigenvalue weighted by molar-refractivity contribution is 0.331. The highest BCUT2D eigenvalue weighted by atomic mass is 19.1. The maximum absolute atomic E-state index is 14.0. The molecule has 0 saturated heterocycles. The molecule has 0 fully saturated rings. The van der Waals surface area contributed by atoms with Gasteiger partial charge in [0.05, 0.1) is 0 Å². The third-order valence-electron chi connectivity index (χ3n) is 3.71. The SMILES string of the molecule is C=C(F)/C(=C(F)\C=C\C)N(CC)CCCCC1=CCCC=C1. The fourth-order valence-electron chi connectivity index (χ4n) is 2.59. The third kappa shape index (κ3) is 6.00. The highest BCUT2D eigenvalue weighted by molar-refractivity contribution is 5.30. The molecule has 0 aliphatic heterocycles. The molecule has 22 heavy (non-hydrogen) atoms. The van der Waals surface area contributed by atoms with Crippen LogP contribution in [0, 0.1) is 0 Å². The second-order valence-corrected chi connectivity index (χ2v) is 5.40. The van der Waals surface area contributed by atoms with Crippen LogP contribution in [0.1, 0.15) is 46.0 Å². The fraction of sp³-hybridized carbons (Fsp3) is 0.474. The van der Waals surface area contributed by atoms with Crippen LogP contribution in [-0.4, -0.2) is 18.0 Å². The molecule has 0 saturated carbocycles. The minimum atomic E-state index is -0.713. The molecule has 1 nitrogen and oxygen atoms in total. The van der Waals surface area contributed by atoms with E-state index in [1.807, 2.05) is 6.92 Å². The molecule has 0 unspecified atom stereocenters. The quantitative estimate of drug-likeness (QED) is 0.373. The van der Waals surface area contributed by atoms with E-state index in [0.29, 0.717) is 13.1 Å². The van der Waals surface area contributed by atoms with Crippen LogP contribution < -0.4 is 0 Å². The van der Waals surface area contributed by atoms with E-state index < -0.39 is 11.7 Å². The highest BCUT2D eigenvalue weighted by Crippen LogP contribution is 2.23. The van der Waals surface area contributed by atoms with Gasteiger partial charge in [0.25, 0.3) is 0 Å². The van der Waals surface area contributed by atoms with Crippen molar-refractivity contribution in [1.29, 1.82) is 0 Å². The predicted molar refractivity (Wildman–Crippen MR) is 90.8 cm³/mol. The van der Waals surface area contributed by atoms with Gasteiger partial charge in [0.1, 0.15) is 17.4 Å². The Kier molecular flexibility index (Phi) is 8.49. The summed E-state index contributed by atoms with van der Waals surface area (Å²) in [6.45, 7) is 8.08. The number of likely N-dealkylation sites (N-methyl/N-ethyl adjacent to an activating group) is 1. The third-order valence-corrected chi connectivity index (χ3v) is 3.71. The molecule has 0 heterocycles. The molecule has 3 heteroatoms. The molecule has 0 N–H and O–H groups in total. The number of hydrogen-bond donors (Lipinski definition) is 0. The molecule has 1 rings (SSSR count). The molecular formula is C19H27F2N. The molecular weight excluding hydrogens is 280 g/mol. The molecule has 0 amide bonds. The van der Waals surface area contributed by atoms with Gasteiger partial charge in [0.2, 0.25) is 0 Å². The zero-order valence-electron chi connectivity index (χ0n) is 13.7. The average Bonchev–Trinajstić information content (AvgIpc) is 2.51. The standard InChI is InChI=1S/C19H27F2N/c1-4-11-18(21)19(16(3)20)22(5-2)15-10-9-14-17-12-7-6-8-13-17/h4,7,11-13H,3,5-6,8-10,14-15H2,1-2H3/b11-4+,19-18-. The first-order chi connectivity index (χ1) is 10.6. The van der Waals surface area contributed by atoms with Gasteiger partial charge in [-0.25, -0.2) is 8.78 Å². The van der Waals surface area contributed by atoms with Crippen molar-refractivity contribution < 1.29 is 8.78 Å². The first-order valence-electron chi connectivity index (χ1n) is 8.07. The number of nitrogens with zero attached hydrogens (tertiary/aromatic N) is 1. The first kappa shape index (κ1) is 18.4. The summed E-state index contributed by atoms with van der Waals surface area (Å²) in [5.41, 5.74) is 1.36. The Morgan fingerprint density at radius 1 is 1.32 bits per heavy atom. The van der Waals surface area contributed by atoms with E-state index in [-0.39, 0.29) is 5.70 Å². The van der Waals surface area contributed by atoms with Gasteiger partial charge in [0.15, 0.2) is 0 Å². The van der Waals surface area contributed by atoms with Crippen LogP contribution in [-0.2, 0) is 0 Å². The number of allylic oxidation sites excluding steroid dienone is 8. The summed E-state index contributed by atoms with van der Waals surface area (Å²) in [6, 6.07) is 0. The molecule has 0 aromatic rings. The molecule has 0 radical (unpaired) electrons. The maximum atomic E-state index is 14.0. The second-order valence-electron chi connectivity index (χ2n) is 5.40. The van der Waals surface area contributed by atoms with Gasteiger partial charge in [-0.05, 0) is 52.0 Å². The van der Waals surface area contributed by atoms with Gasteiger partial charge in [-0.15, -0.1) is 0 Å². The second kappa shape index (κ2) is 10.1. The molecule has 1 aliphatic carbocycles. The van der Waals surface area contributed by atoms with Crippen LogP contribution in [0.2, 0.25) is 0 Å². The lowest BCUT2D eigenvalue weighted by Gasteiger charge is -2.25. The van der Waals surface area contributed by atoms with Crippen molar-refractivity contribution in [2.24, 2.45) is 0 Å². The highest BCUT2D eigenvalue weighted by Gasteiger charge is 2.15. The molecule has 0 spiro atoms. The van der Waals surface area contributed by atoms with Gasteiger partial charge in [-0.3, -0.25) is 0 Å².